The Morgan fingerprint density at radius 2 is 1.93 bits per heavy atom. The summed E-state index contributed by atoms with van der Waals surface area (Å²) in [7, 11) is 0. The Balaban J connectivity index is 1.84. The van der Waals surface area contributed by atoms with E-state index in [4.69, 9.17) is 11.6 Å². The van der Waals surface area contributed by atoms with Crippen LogP contribution in [0.1, 0.15) is 52.0 Å². The molecule has 0 aliphatic carbocycles. The molecule has 7 heteroatoms. The second-order valence-corrected chi connectivity index (χ2v) is 7.96. The number of halogens is 1. The van der Waals surface area contributed by atoms with Gasteiger partial charge in [0, 0.05) is 17.1 Å². The lowest BCUT2D eigenvalue weighted by atomic mass is 9.87. The third kappa shape index (κ3) is 3.43. The number of nitrogens with one attached hydrogen (secondary N) is 1. The van der Waals surface area contributed by atoms with Crippen LogP contribution in [0.3, 0.4) is 0 Å². The average molecular weight is 392 g/mol. The van der Waals surface area contributed by atoms with Crippen LogP contribution in [0.25, 0.3) is 0 Å². The number of carbonyl (C=O) groups excluding carboxylic acids is 3. The minimum Gasteiger partial charge on any atom is -0.336 e. The second-order valence-electron chi connectivity index (χ2n) is 7.52. The zero-order chi connectivity index (χ0) is 19.8. The van der Waals surface area contributed by atoms with Crippen molar-refractivity contribution in [2.75, 3.05) is 6.54 Å². The van der Waals surface area contributed by atoms with Gasteiger partial charge in [-0.25, -0.2) is 4.79 Å². The van der Waals surface area contributed by atoms with Crippen LogP contribution in [0.4, 0.5) is 4.79 Å². The van der Waals surface area contributed by atoms with Crippen molar-refractivity contribution in [2.24, 2.45) is 0 Å². The number of rotatable bonds is 4. The number of piperidine rings is 1. The molecule has 3 atom stereocenters. The van der Waals surface area contributed by atoms with Crippen molar-refractivity contribution in [3.8, 4) is 0 Å². The zero-order valence-corrected chi connectivity index (χ0v) is 16.8. The van der Waals surface area contributed by atoms with Gasteiger partial charge in [-0.15, -0.1) is 0 Å². The molecule has 2 fully saturated rings. The predicted molar refractivity (Wildman–Crippen MR) is 103 cm³/mol. The van der Waals surface area contributed by atoms with Gasteiger partial charge in [-0.1, -0.05) is 30.7 Å². The molecule has 0 saturated carbocycles. The molecular formula is C20H26ClN3O3. The molecular weight excluding hydrogens is 366 g/mol. The molecule has 6 nitrogen and oxygen atoms in total. The first-order valence-corrected chi connectivity index (χ1v) is 9.89. The smallest absolute Gasteiger partial charge is 0.325 e. The van der Waals surface area contributed by atoms with Gasteiger partial charge in [-0.3, -0.25) is 14.5 Å². The molecule has 3 rings (SSSR count). The van der Waals surface area contributed by atoms with Crippen LogP contribution >= 0.6 is 11.6 Å². The summed E-state index contributed by atoms with van der Waals surface area (Å²) in [6.45, 7) is 5.63. The van der Waals surface area contributed by atoms with Crippen molar-refractivity contribution >= 4 is 29.4 Å². The Labute approximate surface area is 164 Å². The third-order valence-electron chi connectivity index (χ3n) is 5.80. The fourth-order valence-corrected chi connectivity index (χ4v) is 4.48. The van der Waals surface area contributed by atoms with Gasteiger partial charge in [0.05, 0.1) is 0 Å². The highest BCUT2D eigenvalue weighted by Gasteiger charge is 2.52. The van der Waals surface area contributed by atoms with Crippen LogP contribution in [0.15, 0.2) is 24.3 Å². The molecule has 0 spiro atoms. The van der Waals surface area contributed by atoms with Gasteiger partial charge in [-0.2, -0.15) is 0 Å². The van der Waals surface area contributed by atoms with E-state index < -0.39 is 17.5 Å². The third-order valence-corrected chi connectivity index (χ3v) is 6.03. The summed E-state index contributed by atoms with van der Waals surface area (Å²) in [6.07, 6.45) is 3.34. The van der Waals surface area contributed by atoms with Crippen molar-refractivity contribution in [1.82, 2.24) is 15.1 Å². The van der Waals surface area contributed by atoms with E-state index in [0.29, 0.717) is 17.0 Å². The number of likely N-dealkylation sites (tertiary alicyclic amines) is 1. The number of amides is 4. The van der Waals surface area contributed by atoms with Crippen molar-refractivity contribution < 1.29 is 14.4 Å². The Bertz CT molecular complexity index is 759. The monoisotopic (exact) mass is 391 g/mol. The number of urea groups is 1. The van der Waals surface area contributed by atoms with E-state index >= 15 is 0 Å². The lowest BCUT2D eigenvalue weighted by molar-refractivity contribution is -0.143. The minimum atomic E-state index is -1.18. The largest absolute Gasteiger partial charge is 0.336 e. The van der Waals surface area contributed by atoms with E-state index in [1.54, 1.807) is 24.3 Å². The number of imide groups is 1. The summed E-state index contributed by atoms with van der Waals surface area (Å²) < 4.78 is 0. The van der Waals surface area contributed by atoms with E-state index in [1.165, 1.54) is 0 Å². The van der Waals surface area contributed by atoms with Crippen LogP contribution < -0.4 is 5.32 Å². The Morgan fingerprint density at radius 3 is 2.52 bits per heavy atom. The summed E-state index contributed by atoms with van der Waals surface area (Å²) in [6, 6.07) is 6.62. The highest BCUT2D eigenvalue weighted by molar-refractivity contribution is 6.30. The Kier molecular flexibility index (Phi) is 5.47. The molecule has 1 N–H and O–H groups in total. The van der Waals surface area contributed by atoms with Gasteiger partial charge < -0.3 is 10.2 Å². The van der Waals surface area contributed by atoms with Crippen LogP contribution in [-0.4, -0.2) is 46.3 Å². The van der Waals surface area contributed by atoms with E-state index in [2.05, 4.69) is 5.32 Å². The maximum absolute atomic E-state index is 13.2. The fourth-order valence-electron chi connectivity index (χ4n) is 4.29. The first-order valence-electron chi connectivity index (χ1n) is 9.51. The summed E-state index contributed by atoms with van der Waals surface area (Å²) >= 11 is 6.08. The van der Waals surface area contributed by atoms with Crippen LogP contribution in [0.5, 0.6) is 0 Å². The van der Waals surface area contributed by atoms with Crippen LogP contribution in [-0.2, 0) is 15.1 Å². The SMILES string of the molecule is CCC1(c2cccc(Cl)c2)NC(=O)N(CC(=O)N2C(C)CCCC2C)C1=O. The molecule has 0 aromatic heterocycles. The van der Waals surface area contributed by atoms with Gasteiger partial charge in [0.25, 0.3) is 5.91 Å². The normalized spacial score (nSPS) is 28.4. The topological polar surface area (TPSA) is 69.7 Å². The highest BCUT2D eigenvalue weighted by atomic mass is 35.5. The molecule has 2 aliphatic heterocycles. The molecule has 2 heterocycles. The number of benzene rings is 1. The molecule has 1 aromatic carbocycles. The van der Waals surface area contributed by atoms with Gasteiger partial charge >= 0.3 is 6.03 Å². The summed E-state index contributed by atoms with van der Waals surface area (Å²) in [4.78, 5) is 41.5. The molecule has 0 radical (unpaired) electrons. The lowest BCUT2D eigenvalue weighted by Crippen LogP contribution is -2.52. The quantitative estimate of drug-likeness (QED) is 0.800. The van der Waals surface area contributed by atoms with E-state index in [-0.39, 0.29) is 24.5 Å². The molecule has 2 aliphatic rings. The Morgan fingerprint density at radius 1 is 1.26 bits per heavy atom. The highest BCUT2D eigenvalue weighted by Crippen LogP contribution is 2.34. The molecule has 27 heavy (non-hydrogen) atoms. The zero-order valence-electron chi connectivity index (χ0n) is 16.0. The van der Waals surface area contributed by atoms with Crippen molar-refractivity contribution in [3.63, 3.8) is 0 Å². The summed E-state index contributed by atoms with van der Waals surface area (Å²) in [5, 5.41) is 3.29. The number of nitrogens with zero attached hydrogens (tertiary/aromatic N) is 2. The summed E-state index contributed by atoms with van der Waals surface area (Å²) in [5.74, 6) is -0.584. The number of carbonyl (C=O) groups is 3. The lowest BCUT2D eigenvalue weighted by Gasteiger charge is -2.39. The van der Waals surface area contributed by atoms with Crippen molar-refractivity contribution in [1.29, 1.82) is 0 Å². The maximum Gasteiger partial charge on any atom is 0.325 e. The number of hydrogen-bond donors (Lipinski definition) is 1. The van der Waals surface area contributed by atoms with E-state index in [9.17, 15) is 14.4 Å². The molecule has 146 valence electrons. The van der Waals surface area contributed by atoms with Gasteiger partial charge in [0.1, 0.15) is 12.1 Å². The standard InChI is InChI=1S/C20H26ClN3O3/c1-4-20(15-9-6-10-16(21)11-15)18(26)23(19(27)22-20)12-17(25)24-13(2)7-5-8-14(24)3/h6,9-11,13-14H,4-5,7-8,12H2,1-3H3,(H,22,27). The summed E-state index contributed by atoms with van der Waals surface area (Å²) in [5.41, 5.74) is -0.549. The van der Waals surface area contributed by atoms with Crippen LogP contribution in [0, 0.1) is 0 Å². The minimum absolute atomic E-state index is 0.117. The first-order chi connectivity index (χ1) is 12.8. The molecule has 4 amide bonds. The van der Waals surface area contributed by atoms with Gasteiger partial charge in [-0.05, 0) is 57.2 Å². The Hall–Kier alpha value is -2.08. The molecule has 1 aromatic rings. The van der Waals surface area contributed by atoms with Gasteiger partial charge in [0.15, 0.2) is 0 Å². The van der Waals surface area contributed by atoms with Gasteiger partial charge in [0.2, 0.25) is 5.91 Å². The van der Waals surface area contributed by atoms with Crippen LogP contribution in [0.2, 0.25) is 5.02 Å². The predicted octanol–water partition coefficient (Wildman–Crippen LogP) is 3.29. The fraction of sp³-hybridized carbons (Fsp3) is 0.550. The van der Waals surface area contributed by atoms with E-state index in [0.717, 1.165) is 24.2 Å². The van der Waals surface area contributed by atoms with Crippen molar-refractivity contribution in [3.05, 3.63) is 34.9 Å². The van der Waals surface area contributed by atoms with E-state index in [1.807, 2.05) is 25.7 Å². The maximum atomic E-state index is 13.2. The number of hydrogen-bond acceptors (Lipinski definition) is 3. The molecule has 0 bridgehead atoms. The molecule has 2 saturated heterocycles. The average Bonchev–Trinajstić information content (AvgIpc) is 2.87. The molecule has 3 unspecified atom stereocenters. The first kappa shape index (κ1) is 19.7. The van der Waals surface area contributed by atoms with Crippen molar-refractivity contribution in [2.45, 2.75) is 64.1 Å². The second kappa shape index (κ2) is 7.50.